The van der Waals surface area contributed by atoms with Crippen LogP contribution in [0.1, 0.15) is 0 Å². The van der Waals surface area contributed by atoms with Crippen LogP contribution in [-0.4, -0.2) is 4.57 Å². The molecule has 11 aromatic rings. The van der Waals surface area contributed by atoms with Gasteiger partial charge in [-0.2, -0.15) is 0 Å². The maximum Gasteiger partial charge on any atom is 0.0547 e. The SMILES string of the molecule is c1ccc(-c2cc(-c3ccccc3)cc(N(c3cccc(-c4cccc(-c5cccc6c5c5ccccc5n6-c5ccccc5)c4)c3)c3ccc4ccccc4c3)c2)cc1. The molecule has 2 heteroatoms. The Labute approximate surface area is 350 Å². The Morgan fingerprint density at radius 3 is 1.55 bits per heavy atom. The predicted molar refractivity (Wildman–Crippen MR) is 255 cm³/mol. The minimum absolute atomic E-state index is 1.09. The molecule has 0 saturated carbocycles. The molecule has 0 radical (unpaired) electrons. The van der Waals surface area contributed by atoms with E-state index in [1.54, 1.807) is 0 Å². The number of nitrogens with zero attached hydrogens (tertiary/aromatic N) is 2. The van der Waals surface area contributed by atoms with Crippen molar-refractivity contribution in [1.29, 1.82) is 0 Å². The van der Waals surface area contributed by atoms with Crippen LogP contribution in [0.3, 0.4) is 0 Å². The summed E-state index contributed by atoms with van der Waals surface area (Å²) in [6.45, 7) is 0. The number of rotatable bonds is 8. The number of hydrogen-bond acceptors (Lipinski definition) is 1. The van der Waals surface area contributed by atoms with Crippen molar-refractivity contribution >= 4 is 49.6 Å². The fourth-order valence-corrected chi connectivity index (χ4v) is 8.90. The minimum atomic E-state index is 1.09. The van der Waals surface area contributed by atoms with Gasteiger partial charge in [0.1, 0.15) is 0 Å². The van der Waals surface area contributed by atoms with Crippen molar-refractivity contribution in [2.75, 3.05) is 4.90 Å². The van der Waals surface area contributed by atoms with Gasteiger partial charge in [-0.3, -0.25) is 0 Å². The number of hydrogen-bond donors (Lipinski definition) is 0. The van der Waals surface area contributed by atoms with Gasteiger partial charge < -0.3 is 9.47 Å². The molecule has 0 atom stereocenters. The zero-order valence-electron chi connectivity index (χ0n) is 33.0. The average molecular weight is 765 g/mol. The van der Waals surface area contributed by atoms with Crippen molar-refractivity contribution in [3.05, 3.63) is 243 Å². The lowest BCUT2D eigenvalue weighted by Gasteiger charge is -2.28. The van der Waals surface area contributed by atoms with Crippen molar-refractivity contribution in [2.24, 2.45) is 0 Å². The summed E-state index contributed by atoms with van der Waals surface area (Å²) in [4.78, 5) is 2.41. The van der Waals surface area contributed by atoms with E-state index in [2.05, 4.69) is 252 Å². The Morgan fingerprint density at radius 1 is 0.283 bits per heavy atom. The zero-order chi connectivity index (χ0) is 39.8. The Kier molecular flexibility index (Phi) is 8.87. The molecule has 60 heavy (non-hydrogen) atoms. The average Bonchev–Trinajstić information content (AvgIpc) is 3.67. The number of aromatic nitrogens is 1. The third-order valence-corrected chi connectivity index (χ3v) is 11.7. The highest BCUT2D eigenvalue weighted by molar-refractivity contribution is 6.16. The van der Waals surface area contributed by atoms with E-state index in [4.69, 9.17) is 0 Å². The lowest BCUT2D eigenvalue weighted by atomic mass is 9.95. The molecule has 0 spiro atoms. The summed E-state index contributed by atoms with van der Waals surface area (Å²) in [5.74, 6) is 0. The maximum absolute atomic E-state index is 2.41. The number of para-hydroxylation sites is 2. The largest absolute Gasteiger partial charge is 0.310 e. The highest BCUT2D eigenvalue weighted by atomic mass is 15.1. The first kappa shape index (κ1) is 35.2. The summed E-state index contributed by atoms with van der Waals surface area (Å²) in [6.07, 6.45) is 0. The molecule has 0 N–H and O–H groups in total. The van der Waals surface area contributed by atoms with Gasteiger partial charge in [-0.25, -0.2) is 0 Å². The van der Waals surface area contributed by atoms with Crippen LogP contribution in [0.5, 0.6) is 0 Å². The summed E-state index contributed by atoms with van der Waals surface area (Å²) in [5, 5.41) is 4.93. The summed E-state index contributed by atoms with van der Waals surface area (Å²) in [6, 6.07) is 88.0. The van der Waals surface area contributed by atoms with Gasteiger partial charge in [-0.05, 0) is 128 Å². The van der Waals surface area contributed by atoms with Crippen LogP contribution in [0.4, 0.5) is 17.1 Å². The third-order valence-electron chi connectivity index (χ3n) is 11.7. The van der Waals surface area contributed by atoms with Crippen molar-refractivity contribution in [3.63, 3.8) is 0 Å². The van der Waals surface area contributed by atoms with Gasteiger partial charge in [0.25, 0.3) is 0 Å². The predicted octanol–water partition coefficient (Wildman–Crippen LogP) is 16.1. The first-order valence-corrected chi connectivity index (χ1v) is 20.6. The molecular weight excluding hydrogens is 725 g/mol. The van der Waals surface area contributed by atoms with Gasteiger partial charge in [-0.1, -0.05) is 170 Å². The van der Waals surface area contributed by atoms with Crippen LogP contribution in [0, 0.1) is 0 Å². The maximum atomic E-state index is 2.41. The summed E-state index contributed by atoms with van der Waals surface area (Å²) in [5.41, 5.74) is 16.3. The summed E-state index contributed by atoms with van der Waals surface area (Å²) < 4.78 is 2.39. The molecule has 0 aliphatic rings. The Morgan fingerprint density at radius 2 is 0.800 bits per heavy atom. The van der Waals surface area contributed by atoms with E-state index < -0.39 is 0 Å². The van der Waals surface area contributed by atoms with E-state index in [1.807, 2.05) is 0 Å². The molecule has 0 unspecified atom stereocenters. The van der Waals surface area contributed by atoms with Crippen molar-refractivity contribution in [2.45, 2.75) is 0 Å². The lowest BCUT2D eigenvalue weighted by Crippen LogP contribution is -2.10. The van der Waals surface area contributed by atoms with Crippen LogP contribution in [0.25, 0.3) is 82.8 Å². The Balaban J connectivity index is 1.07. The van der Waals surface area contributed by atoms with Crippen LogP contribution in [0.2, 0.25) is 0 Å². The fourth-order valence-electron chi connectivity index (χ4n) is 8.90. The normalized spacial score (nSPS) is 11.3. The van der Waals surface area contributed by atoms with Gasteiger partial charge in [0.15, 0.2) is 0 Å². The number of anilines is 3. The molecule has 1 aromatic heterocycles. The molecule has 0 fully saturated rings. The van der Waals surface area contributed by atoms with Crippen LogP contribution in [0.15, 0.2) is 243 Å². The minimum Gasteiger partial charge on any atom is -0.310 e. The Hall–Kier alpha value is -7.94. The quantitative estimate of drug-likeness (QED) is 0.150. The third kappa shape index (κ3) is 6.41. The van der Waals surface area contributed by atoms with Crippen molar-refractivity contribution in [1.82, 2.24) is 4.57 Å². The summed E-state index contributed by atoms with van der Waals surface area (Å²) in [7, 11) is 0. The molecule has 0 saturated heterocycles. The van der Waals surface area contributed by atoms with Crippen molar-refractivity contribution < 1.29 is 0 Å². The topological polar surface area (TPSA) is 8.17 Å². The molecule has 0 aliphatic carbocycles. The van der Waals surface area contributed by atoms with Gasteiger partial charge in [-0.15, -0.1) is 0 Å². The van der Waals surface area contributed by atoms with Gasteiger partial charge >= 0.3 is 0 Å². The number of fused-ring (bicyclic) bond motifs is 4. The second kappa shape index (κ2) is 15.1. The first-order valence-electron chi connectivity index (χ1n) is 20.6. The van der Waals surface area contributed by atoms with Gasteiger partial charge in [0, 0.05) is 33.5 Å². The second-order valence-corrected chi connectivity index (χ2v) is 15.4. The monoisotopic (exact) mass is 764 g/mol. The van der Waals surface area contributed by atoms with E-state index in [-0.39, 0.29) is 0 Å². The molecule has 0 bridgehead atoms. The molecule has 11 rings (SSSR count). The summed E-state index contributed by atoms with van der Waals surface area (Å²) >= 11 is 0. The van der Waals surface area contributed by atoms with Crippen LogP contribution in [-0.2, 0) is 0 Å². The van der Waals surface area contributed by atoms with Gasteiger partial charge in [0.2, 0.25) is 0 Å². The van der Waals surface area contributed by atoms with E-state index in [0.717, 1.165) is 28.3 Å². The molecule has 10 aromatic carbocycles. The van der Waals surface area contributed by atoms with E-state index in [1.165, 1.54) is 71.5 Å². The zero-order valence-corrected chi connectivity index (χ0v) is 33.0. The molecule has 0 amide bonds. The molecular formula is C58H40N2. The first-order chi connectivity index (χ1) is 29.7. The molecule has 282 valence electrons. The second-order valence-electron chi connectivity index (χ2n) is 15.4. The lowest BCUT2D eigenvalue weighted by molar-refractivity contribution is 1.18. The smallest absolute Gasteiger partial charge is 0.0547 e. The Bertz CT molecular complexity index is 3250. The standard InChI is InChI=1S/C58H40N2/c1-4-17-41(18-5-1)48-36-49(42-19-6-2-7-20-42)40-53(39-48)59(52-34-33-43-21-10-11-22-45(43)37-52)51-28-15-24-46(38-51)44-23-14-25-47(35-44)54-30-16-32-57-58(54)55-29-12-13-31-56(55)60(57)50-26-8-3-9-27-50/h1-40H. The van der Waals surface area contributed by atoms with E-state index >= 15 is 0 Å². The molecule has 1 heterocycles. The van der Waals surface area contributed by atoms with Gasteiger partial charge in [0.05, 0.1) is 11.0 Å². The van der Waals surface area contributed by atoms with E-state index in [0.29, 0.717) is 0 Å². The van der Waals surface area contributed by atoms with Crippen molar-refractivity contribution in [3.8, 4) is 50.2 Å². The van der Waals surface area contributed by atoms with Crippen LogP contribution < -0.4 is 4.90 Å². The number of benzene rings is 10. The van der Waals surface area contributed by atoms with E-state index in [9.17, 15) is 0 Å². The molecule has 0 aliphatic heterocycles. The highest BCUT2D eigenvalue weighted by Crippen LogP contribution is 2.43. The van der Waals surface area contributed by atoms with Crippen LogP contribution >= 0.6 is 0 Å². The fraction of sp³-hybridized carbons (Fsp3) is 0. The highest BCUT2D eigenvalue weighted by Gasteiger charge is 2.19. The molecule has 2 nitrogen and oxygen atoms in total.